The highest BCUT2D eigenvalue weighted by atomic mass is 19.1. The van der Waals surface area contributed by atoms with Crippen LogP contribution in [0.1, 0.15) is 5.82 Å². The van der Waals surface area contributed by atoms with E-state index in [1.807, 2.05) is 18.2 Å². The molecule has 1 aliphatic heterocycles. The number of H-pyrrole nitrogens is 1. The van der Waals surface area contributed by atoms with Crippen LogP contribution in [0.25, 0.3) is 27.6 Å². The van der Waals surface area contributed by atoms with E-state index in [0.29, 0.717) is 28.9 Å². The maximum absolute atomic E-state index is 13.3. The van der Waals surface area contributed by atoms with E-state index in [0.717, 1.165) is 43.1 Å². The van der Waals surface area contributed by atoms with Crippen LogP contribution in [0, 0.1) is 5.82 Å². The molecule has 0 bridgehead atoms. The number of aromatic nitrogens is 6. The second-order valence-corrected chi connectivity index (χ2v) is 8.26. The molecule has 3 aromatic heterocycles. The Kier molecular flexibility index (Phi) is 4.99. The van der Waals surface area contributed by atoms with E-state index >= 15 is 0 Å². The first-order chi connectivity index (χ1) is 16.7. The van der Waals surface area contributed by atoms with Crippen molar-refractivity contribution in [1.82, 2.24) is 34.6 Å². The number of hydrogen-bond donors (Lipinski definition) is 1. The molecule has 0 atom stereocenters. The number of piperazine rings is 1. The molecular weight excluding hydrogens is 435 g/mol. The van der Waals surface area contributed by atoms with Gasteiger partial charge in [0.1, 0.15) is 23.8 Å². The Morgan fingerprint density at radius 3 is 2.56 bits per heavy atom. The van der Waals surface area contributed by atoms with Crippen molar-refractivity contribution >= 4 is 27.8 Å². The Morgan fingerprint density at radius 2 is 1.74 bits per heavy atom. The largest absolute Gasteiger partial charge is 0.353 e. The van der Waals surface area contributed by atoms with Gasteiger partial charge in [0.15, 0.2) is 5.65 Å². The number of anilines is 1. The lowest BCUT2D eigenvalue weighted by Gasteiger charge is -2.35. The summed E-state index contributed by atoms with van der Waals surface area (Å²) in [5.41, 5.74) is 2.02. The number of fused-ring (bicyclic) bond motifs is 2. The van der Waals surface area contributed by atoms with Gasteiger partial charge in [-0.25, -0.2) is 24.0 Å². The second-order valence-electron chi connectivity index (χ2n) is 8.26. The smallest absolute Gasteiger partial charge is 0.258 e. The molecule has 9 nitrogen and oxygen atoms in total. The number of hydrogen-bond acceptors (Lipinski definition) is 7. The number of aromatic amines is 1. The summed E-state index contributed by atoms with van der Waals surface area (Å²) in [6, 6.07) is 13.5. The molecule has 1 aliphatic rings. The summed E-state index contributed by atoms with van der Waals surface area (Å²) < 4.78 is 15.0. The third-order valence-electron chi connectivity index (χ3n) is 6.12. The van der Waals surface area contributed by atoms with Gasteiger partial charge in [0.25, 0.3) is 5.56 Å². The molecule has 4 heterocycles. The van der Waals surface area contributed by atoms with Gasteiger partial charge in [-0.2, -0.15) is 5.10 Å². The van der Waals surface area contributed by atoms with Gasteiger partial charge in [0.05, 0.1) is 34.7 Å². The molecule has 34 heavy (non-hydrogen) atoms. The highest BCUT2D eigenvalue weighted by Gasteiger charge is 2.22. The van der Waals surface area contributed by atoms with Crippen molar-refractivity contribution in [3.05, 3.63) is 83.1 Å². The van der Waals surface area contributed by atoms with Gasteiger partial charge in [0, 0.05) is 26.2 Å². The molecule has 1 N–H and O–H groups in total. The molecule has 0 amide bonds. The Balaban J connectivity index is 1.20. The fraction of sp³-hybridized carbons (Fsp3) is 0.208. The van der Waals surface area contributed by atoms with E-state index in [4.69, 9.17) is 0 Å². The molecule has 10 heteroatoms. The summed E-state index contributed by atoms with van der Waals surface area (Å²) in [6.07, 6.45) is 3.29. The Hall–Kier alpha value is -4.18. The van der Waals surface area contributed by atoms with E-state index in [2.05, 4.69) is 34.8 Å². The maximum Gasteiger partial charge on any atom is 0.258 e. The van der Waals surface area contributed by atoms with Crippen LogP contribution in [0.5, 0.6) is 0 Å². The fourth-order valence-corrected chi connectivity index (χ4v) is 4.39. The molecule has 0 spiro atoms. The van der Waals surface area contributed by atoms with Crippen molar-refractivity contribution in [3.8, 4) is 5.69 Å². The highest BCUT2D eigenvalue weighted by Crippen LogP contribution is 2.25. The Bertz CT molecular complexity index is 1540. The lowest BCUT2D eigenvalue weighted by molar-refractivity contribution is 0.244. The maximum atomic E-state index is 13.3. The minimum Gasteiger partial charge on any atom is -0.353 e. The van der Waals surface area contributed by atoms with Crippen LogP contribution in [-0.4, -0.2) is 60.8 Å². The Labute approximate surface area is 193 Å². The van der Waals surface area contributed by atoms with Crippen LogP contribution in [0.3, 0.4) is 0 Å². The number of benzene rings is 2. The molecule has 5 aromatic rings. The van der Waals surface area contributed by atoms with Gasteiger partial charge in [-0.15, -0.1) is 0 Å². The zero-order valence-corrected chi connectivity index (χ0v) is 18.2. The van der Waals surface area contributed by atoms with E-state index in [-0.39, 0.29) is 11.4 Å². The average molecular weight is 456 g/mol. The topological polar surface area (TPSA) is 95.8 Å². The SMILES string of the molecule is O=c1[nH]c(CN2CCN(c3ncnc4c3cnn4-c3ccc(F)cc3)CC2)nc2ccccc12. The number of para-hydroxylation sites is 1. The third-order valence-corrected chi connectivity index (χ3v) is 6.12. The lowest BCUT2D eigenvalue weighted by Crippen LogP contribution is -2.46. The number of rotatable bonds is 4. The molecular formula is C24H21FN8O. The number of nitrogens with zero attached hydrogens (tertiary/aromatic N) is 7. The first kappa shape index (κ1) is 20.4. The summed E-state index contributed by atoms with van der Waals surface area (Å²) in [5, 5.41) is 5.92. The van der Waals surface area contributed by atoms with Crippen LogP contribution in [-0.2, 0) is 6.54 Å². The van der Waals surface area contributed by atoms with Gasteiger partial charge in [-0.1, -0.05) is 12.1 Å². The van der Waals surface area contributed by atoms with Crippen LogP contribution >= 0.6 is 0 Å². The van der Waals surface area contributed by atoms with Crippen LogP contribution in [0.2, 0.25) is 0 Å². The molecule has 0 aliphatic carbocycles. The van der Waals surface area contributed by atoms with Crippen molar-refractivity contribution in [2.75, 3.05) is 31.1 Å². The molecule has 2 aromatic carbocycles. The van der Waals surface area contributed by atoms with Crippen molar-refractivity contribution in [2.45, 2.75) is 6.54 Å². The average Bonchev–Trinajstić information content (AvgIpc) is 3.30. The Morgan fingerprint density at radius 1 is 0.941 bits per heavy atom. The standard InChI is InChI=1S/C24H21FN8O/c25-16-5-7-17(8-6-16)33-23-19(13-28-33)22(26-15-27-23)32-11-9-31(10-12-32)14-21-29-20-4-2-1-3-18(20)24(34)30-21/h1-8,13,15H,9-12,14H2,(H,29,30,34). The molecule has 0 radical (unpaired) electrons. The quantitative estimate of drug-likeness (QED) is 0.444. The molecule has 0 unspecified atom stereocenters. The van der Waals surface area contributed by atoms with Crippen molar-refractivity contribution in [2.24, 2.45) is 0 Å². The summed E-state index contributed by atoms with van der Waals surface area (Å²) in [7, 11) is 0. The van der Waals surface area contributed by atoms with Crippen LogP contribution in [0.4, 0.5) is 10.2 Å². The first-order valence-corrected chi connectivity index (χ1v) is 11.1. The second kappa shape index (κ2) is 8.31. The third kappa shape index (κ3) is 3.67. The number of halogens is 1. The van der Waals surface area contributed by atoms with Crippen molar-refractivity contribution in [3.63, 3.8) is 0 Å². The van der Waals surface area contributed by atoms with Gasteiger partial charge < -0.3 is 9.88 Å². The molecule has 170 valence electrons. The zero-order chi connectivity index (χ0) is 23.1. The highest BCUT2D eigenvalue weighted by molar-refractivity contribution is 5.87. The summed E-state index contributed by atoms with van der Waals surface area (Å²) in [4.78, 5) is 33.3. The minimum absolute atomic E-state index is 0.110. The molecule has 6 rings (SSSR count). The van der Waals surface area contributed by atoms with Crippen molar-refractivity contribution in [1.29, 1.82) is 0 Å². The van der Waals surface area contributed by atoms with Crippen molar-refractivity contribution < 1.29 is 4.39 Å². The van der Waals surface area contributed by atoms with E-state index in [1.54, 1.807) is 29.1 Å². The van der Waals surface area contributed by atoms with Gasteiger partial charge in [-0.3, -0.25) is 9.69 Å². The predicted molar refractivity (Wildman–Crippen MR) is 126 cm³/mol. The monoisotopic (exact) mass is 456 g/mol. The zero-order valence-electron chi connectivity index (χ0n) is 18.2. The molecule has 1 saturated heterocycles. The summed E-state index contributed by atoms with van der Waals surface area (Å²) >= 11 is 0. The van der Waals surface area contributed by atoms with Gasteiger partial charge in [0.2, 0.25) is 0 Å². The minimum atomic E-state index is -0.295. The van der Waals surface area contributed by atoms with E-state index in [9.17, 15) is 9.18 Å². The molecule has 1 fully saturated rings. The van der Waals surface area contributed by atoms with E-state index < -0.39 is 0 Å². The predicted octanol–water partition coefficient (Wildman–Crippen LogP) is 2.51. The fourth-order valence-electron chi connectivity index (χ4n) is 4.39. The van der Waals surface area contributed by atoms with Gasteiger partial charge >= 0.3 is 0 Å². The first-order valence-electron chi connectivity index (χ1n) is 11.1. The number of nitrogens with one attached hydrogen (secondary N) is 1. The lowest BCUT2D eigenvalue weighted by atomic mass is 10.2. The summed E-state index contributed by atoms with van der Waals surface area (Å²) in [6.45, 7) is 3.72. The van der Waals surface area contributed by atoms with Crippen LogP contribution < -0.4 is 10.5 Å². The summed E-state index contributed by atoms with van der Waals surface area (Å²) in [5.74, 6) is 1.20. The normalized spacial score (nSPS) is 14.8. The van der Waals surface area contributed by atoms with Crippen LogP contribution in [0.15, 0.2) is 65.8 Å². The molecule has 0 saturated carbocycles. The van der Waals surface area contributed by atoms with Gasteiger partial charge in [-0.05, 0) is 36.4 Å². The van der Waals surface area contributed by atoms with E-state index in [1.165, 1.54) is 18.5 Å².